The van der Waals surface area contributed by atoms with Gasteiger partial charge in [0.05, 0.1) is 18.1 Å². The van der Waals surface area contributed by atoms with Gasteiger partial charge in [0, 0.05) is 52.5 Å². The van der Waals surface area contributed by atoms with Crippen LogP contribution in [0.15, 0.2) is 103 Å². The zero-order valence-corrected chi connectivity index (χ0v) is 32.6. The number of aliphatic hydroxyl groups is 4. The Morgan fingerprint density at radius 2 is 0.919 bits per heavy atom. The maximum Gasteiger partial charge on any atom is 0.135 e. The van der Waals surface area contributed by atoms with Gasteiger partial charge in [-0.3, -0.25) is 0 Å². The molecule has 0 bridgehead atoms. The molecule has 14 heteroatoms. The summed E-state index contributed by atoms with van der Waals surface area (Å²) in [5.41, 5.74) is 3.92. The van der Waals surface area contributed by atoms with Crippen molar-refractivity contribution in [3.8, 4) is 51.7 Å². The highest BCUT2D eigenvalue weighted by atomic mass is 16.5. The van der Waals surface area contributed by atoms with Gasteiger partial charge in [0.15, 0.2) is 0 Å². The Hall–Kier alpha value is -6.68. The first-order valence-electron chi connectivity index (χ1n) is 20.1. The Morgan fingerprint density at radius 3 is 1.50 bits per heavy atom. The van der Waals surface area contributed by atoms with Crippen molar-refractivity contribution >= 4 is 0 Å². The number of hydrogen-bond donors (Lipinski definition) is 12. The van der Waals surface area contributed by atoms with Gasteiger partial charge >= 0.3 is 0 Å². The van der Waals surface area contributed by atoms with Gasteiger partial charge < -0.3 is 70.8 Å². The van der Waals surface area contributed by atoms with E-state index in [0.29, 0.717) is 44.5 Å². The predicted molar refractivity (Wildman–Crippen MR) is 219 cm³/mol. The van der Waals surface area contributed by atoms with E-state index in [1.54, 1.807) is 48.5 Å². The zero-order chi connectivity index (χ0) is 43.5. The highest BCUT2D eigenvalue weighted by Crippen LogP contribution is 2.70. The number of phenolic OH excluding ortho intramolecular Hbond substituents is 8. The fourth-order valence-electron chi connectivity index (χ4n) is 10.7. The molecule has 0 spiro atoms. The van der Waals surface area contributed by atoms with Gasteiger partial charge in [-0.2, -0.15) is 0 Å². The molecular weight excluding hydrogens is 801 g/mol. The molecule has 0 aromatic heterocycles. The molecule has 1 fully saturated rings. The summed E-state index contributed by atoms with van der Waals surface area (Å²) in [6, 6.07) is 26.3. The number of aliphatic hydroxyl groups excluding tert-OH is 4. The standard InChI is InChI=1S/C48H42O14/c49-18-33-43(57)45(59)46(60)48(62-33)42-31(56)17-29-39-34(19-1-7-22(50)8-2-19)36-27(13-25(53)15-30(36)55)41-37-28(38(39)35(40(29)44(42)58)20-3-9-23(51)10-4-20)14-26(54)16-32(37)61-47(41)21-5-11-24(52)12-6-21/h1-17,33-35,38-39,41,43,45-60H,18H2/t33-,34-,35-,38+,39-,41-,43-,45+,46-,47+,48+/m1/s1. The summed E-state index contributed by atoms with van der Waals surface area (Å²) < 4.78 is 12.6. The molecule has 0 saturated carbocycles. The monoisotopic (exact) mass is 842 g/mol. The van der Waals surface area contributed by atoms with Crippen molar-refractivity contribution in [2.24, 2.45) is 0 Å². The van der Waals surface area contributed by atoms with E-state index in [0.717, 1.165) is 0 Å². The third-order valence-corrected chi connectivity index (χ3v) is 13.3. The van der Waals surface area contributed by atoms with E-state index in [2.05, 4.69) is 0 Å². The lowest BCUT2D eigenvalue weighted by atomic mass is 9.63. The molecule has 6 aromatic carbocycles. The molecule has 2 aliphatic heterocycles. The maximum atomic E-state index is 12.7. The van der Waals surface area contributed by atoms with Crippen molar-refractivity contribution in [3.63, 3.8) is 0 Å². The SMILES string of the molecule is OC[C@H]1O[C@@H](c2c(O)cc3c(c2O)[C@H](c2ccc(O)cc2)[C@@H]2c4cc(O)cc5c4[C@@H](c4cc(O)cc(O)c4[C@@H](c4ccc(O)cc4)[C@@H]32)[C@H](c2ccc(O)cc2)O5)[C@H](O)[C@@H](O)[C@@H]1O. The molecule has 318 valence electrons. The molecule has 0 amide bonds. The molecule has 62 heavy (non-hydrogen) atoms. The second-order valence-electron chi connectivity index (χ2n) is 16.6. The summed E-state index contributed by atoms with van der Waals surface area (Å²) in [6.07, 6.45) is -9.32. The molecule has 11 atom stereocenters. The van der Waals surface area contributed by atoms with Crippen LogP contribution in [0.4, 0.5) is 0 Å². The number of ether oxygens (including phenoxy) is 2. The van der Waals surface area contributed by atoms with Crippen molar-refractivity contribution in [2.75, 3.05) is 6.61 Å². The number of aromatic hydroxyl groups is 8. The van der Waals surface area contributed by atoms with Crippen LogP contribution in [0.5, 0.6) is 51.7 Å². The minimum Gasteiger partial charge on any atom is -0.508 e. The van der Waals surface area contributed by atoms with Crippen LogP contribution in [-0.2, 0) is 4.74 Å². The van der Waals surface area contributed by atoms with Crippen molar-refractivity contribution in [1.82, 2.24) is 0 Å². The normalized spacial score (nSPS) is 28.2. The van der Waals surface area contributed by atoms with E-state index in [9.17, 15) is 61.3 Å². The van der Waals surface area contributed by atoms with Crippen LogP contribution < -0.4 is 4.74 Å². The summed E-state index contributed by atoms with van der Waals surface area (Å²) in [5, 5.41) is 134. The highest BCUT2D eigenvalue weighted by molar-refractivity contribution is 5.71. The topological polar surface area (TPSA) is 261 Å². The second kappa shape index (κ2) is 14.5. The number of fused-ring (bicyclic) bond motifs is 6. The lowest BCUT2D eigenvalue weighted by Crippen LogP contribution is -2.55. The van der Waals surface area contributed by atoms with Crippen LogP contribution in [0.25, 0.3) is 0 Å². The maximum absolute atomic E-state index is 12.7. The number of hydrogen-bond acceptors (Lipinski definition) is 14. The van der Waals surface area contributed by atoms with E-state index in [-0.39, 0.29) is 51.4 Å². The van der Waals surface area contributed by atoms with Crippen LogP contribution in [0, 0.1) is 0 Å². The Bertz CT molecular complexity index is 2720. The molecule has 4 aliphatic rings. The Kier molecular flexibility index (Phi) is 9.21. The number of benzene rings is 6. The molecule has 2 heterocycles. The number of rotatable bonds is 5. The van der Waals surface area contributed by atoms with E-state index < -0.39 is 84.3 Å². The quantitative estimate of drug-likeness (QED) is 0.106. The summed E-state index contributed by atoms with van der Waals surface area (Å²) in [5.74, 6) is -5.91. The molecule has 2 aliphatic carbocycles. The Morgan fingerprint density at radius 1 is 0.419 bits per heavy atom. The molecule has 14 nitrogen and oxygen atoms in total. The van der Waals surface area contributed by atoms with Crippen LogP contribution >= 0.6 is 0 Å². The lowest BCUT2D eigenvalue weighted by Gasteiger charge is -2.40. The van der Waals surface area contributed by atoms with E-state index >= 15 is 0 Å². The Balaban J connectivity index is 1.33. The zero-order valence-electron chi connectivity index (χ0n) is 32.6. The van der Waals surface area contributed by atoms with Crippen molar-refractivity contribution in [1.29, 1.82) is 0 Å². The molecule has 0 unspecified atom stereocenters. The summed E-state index contributed by atoms with van der Waals surface area (Å²) in [6.45, 7) is -0.766. The van der Waals surface area contributed by atoms with Crippen molar-refractivity contribution in [2.45, 2.75) is 66.2 Å². The fourth-order valence-corrected chi connectivity index (χ4v) is 10.7. The van der Waals surface area contributed by atoms with Crippen LogP contribution in [0.2, 0.25) is 0 Å². The van der Waals surface area contributed by atoms with Gasteiger partial charge in [0.25, 0.3) is 0 Å². The van der Waals surface area contributed by atoms with Gasteiger partial charge in [0.2, 0.25) is 0 Å². The minimum absolute atomic E-state index is 0.0118. The molecule has 1 saturated heterocycles. The predicted octanol–water partition coefficient (Wildman–Crippen LogP) is 5.27. The van der Waals surface area contributed by atoms with Gasteiger partial charge in [-0.25, -0.2) is 0 Å². The van der Waals surface area contributed by atoms with Crippen LogP contribution in [0.1, 0.15) is 97.4 Å². The molecule has 0 radical (unpaired) electrons. The fraction of sp³-hybridized carbons (Fsp3) is 0.250. The van der Waals surface area contributed by atoms with Crippen LogP contribution in [-0.4, -0.2) is 92.3 Å². The van der Waals surface area contributed by atoms with Crippen LogP contribution in [0.3, 0.4) is 0 Å². The van der Waals surface area contributed by atoms with E-state index in [1.165, 1.54) is 54.6 Å². The van der Waals surface area contributed by atoms with Gasteiger partial charge in [-0.15, -0.1) is 0 Å². The smallest absolute Gasteiger partial charge is 0.135 e. The average molecular weight is 843 g/mol. The highest BCUT2D eigenvalue weighted by Gasteiger charge is 2.56. The summed E-state index contributed by atoms with van der Waals surface area (Å²) in [4.78, 5) is 0. The molecule has 10 rings (SSSR count). The number of phenols is 8. The third-order valence-electron chi connectivity index (χ3n) is 13.3. The summed E-state index contributed by atoms with van der Waals surface area (Å²) in [7, 11) is 0. The first-order valence-corrected chi connectivity index (χ1v) is 20.1. The van der Waals surface area contributed by atoms with Crippen molar-refractivity contribution < 1.29 is 70.8 Å². The van der Waals surface area contributed by atoms with Gasteiger partial charge in [-0.1, -0.05) is 36.4 Å². The largest absolute Gasteiger partial charge is 0.508 e. The third kappa shape index (κ3) is 5.90. The second-order valence-corrected chi connectivity index (χ2v) is 16.6. The van der Waals surface area contributed by atoms with Gasteiger partial charge in [0.1, 0.15) is 88.4 Å². The van der Waals surface area contributed by atoms with E-state index in [4.69, 9.17) is 9.47 Å². The first-order chi connectivity index (χ1) is 29.7. The average Bonchev–Trinajstić information content (AvgIpc) is 3.78. The Labute approximate surface area is 353 Å². The van der Waals surface area contributed by atoms with Crippen molar-refractivity contribution in [3.05, 3.63) is 159 Å². The summed E-state index contributed by atoms with van der Waals surface area (Å²) >= 11 is 0. The van der Waals surface area contributed by atoms with E-state index in [1.807, 2.05) is 0 Å². The molecule has 12 N–H and O–H groups in total. The van der Waals surface area contributed by atoms with Gasteiger partial charge in [-0.05, 0) is 88.0 Å². The molecular formula is C48H42O14. The molecule has 6 aromatic rings. The lowest BCUT2D eigenvalue weighted by molar-refractivity contribution is -0.232. The minimum atomic E-state index is -1.88. The first kappa shape index (κ1) is 39.5.